The lowest BCUT2D eigenvalue weighted by molar-refractivity contribution is -0.134. The van der Waals surface area contributed by atoms with Crippen LogP contribution in [0.2, 0.25) is 0 Å². The van der Waals surface area contributed by atoms with Gasteiger partial charge in [-0.3, -0.25) is 9.59 Å². The first-order chi connectivity index (χ1) is 11.4. The van der Waals surface area contributed by atoms with Crippen molar-refractivity contribution in [3.63, 3.8) is 0 Å². The van der Waals surface area contributed by atoms with E-state index in [1.165, 1.54) is 29.5 Å². The molecule has 0 amide bonds. The molecule has 122 valence electrons. The van der Waals surface area contributed by atoms with Gasteiger partial charge < -0.3 is 5.11 Å². The highest BCUT2D eigenvalue weighted by molar-refractivity contribution is 7.92. The van der Waals surface area contributed by atoms with Gasteiger partial charge in [0, 0.05) is 4.70 Å². The molecule has 24 heavy (non-hydrogen) atoms. The number of hydrogen-bond donors (Lipinski definition) is 1. The Morgan fingerprint density at radius 2 is 1.83 bits per heavy atom. The van der Waals surface area contributed by atoms with E-state index in [0.29, 0.717) is 10.1 Å². The molecule has 3 rings (SSSR count). The van der Waals surface area contributed by atoms with E-state index in [1.54, 1.807) is 24.3 Å². The monoisotopic (exact) mass is 362 g/mol. The standard InChI is InChI=1S/C15H10N2O5S2/c18-13(19)8-24(21,22)12-7-3-5-10(16-12)15-17-14(20)9-4-1-2-6-11(9)23-15/h1-7H,8H2,(H,18,19). The Balaban J connectivity index is 2.13. The number of pyridine rings is 1. The predicted octanol–water partition coefficient (Wildman–Crippen LogP) is 1.58. The number of aromatic nitrogens is 2. The smallest absolute Gasteiger partial charge is 0.319 e. The summed E-state index contributed by atoms with van der Waals surface area (Å²) in [4.78, 5) is 30.7. The van der Waals surface area contributed by atoms with E-state index in [-0.39, 0.29) is 15.7 Å². The van der Waals surface area contributed by atoms with Gasteiger partial charge in [0.25, 0.3) is 5.56 Å². The molecule has 0 aliphatic carbocycles. The summed E-state index contributed by atoms with van der Waals surface area (Å²) in [5.41, 5.74) is -0.228. The Hall–Kier alpha value is -2.65. The van der Waals surface area contributed by atoms with E-state index in [1.807, 2.05) is 0 Å². The SMILES string of the molecule is O=C(O)CS(=O)(=O)c1cccc(-c2nc(=O)c3ccccc3s2)n1. The third kappa shape index (κ3) is 3.17. The molecule has 9 heteroatoms. The second-order valence-corrected chi connectivity index (χ2v) is 7.80. The number of sulfone groups is 1. The fraction of sp³-hybridized carbons (Fsp3) is 0.0667. The molecule has 0 aliphatic rings. The summed E-state index contributed by atoms with van der Waals surface area (Å²) in [7, 11) is -4.05. The number of hydrogen-bond acceptors (Lipinski definition) is 7. The van der Waals surface area contributed by atoms with Gasteiger partial charge in [0.15, 0.2) is 10.8 Å². The van der Waals surface area contributed by atoms with Gasteiger partial charge in [-0.05, 0) is 24.3 Å². The highest BCUT2D eigenvalue weighted by atomic mass is 32.2. The molecule has 1 aromatic carbocycles. The Kier molecular flexibility index (Phi) is 4.12. The minimum Gasteiger partial charge on any atom is -0.480 e. The van der Waals surface area contributed by atoms with Gasteiger partial charge in [0.05, 0.1) is 5.39 Å². The molecule has 0 unspecified atom stereocenters. The summed E-state index contributed by atoms with van der Waals surface area (Å²) in [6, 6.07) is 11.1. The average Bonchev–Trinajstić information content (AvgIpc) is 2.54. The van der Waals surface area contributed by atoms with Crippen LogP contribution in [0.3, 0.4) is 0 Å². The highest BCUT2D eigenvalue weighted by Gasteiger charge is 2.21. The topological polar surface area (TPSA) is 114 Å². The van der Waals surface area contributed by atoms with Gasteiger partial charge in [-0.2, -0.15) is 4.98 Å². The van der Waals surface area contributed by atoms with Crippen molar-refractivity contribution in [2.45, 2.75) is 5.03 Å². The maximum atomic E-state index is 12.1. The first-order valence-electron chi connectivity index (χ1n) is 6.69. The summed E-state index contributed by atoms with van der Waals surface area (Å²) < 4.78 is 24.7. The van der Waals surface area contributed by atoms with Gasteiger partial charge in [-0.15, -0.1) is 11.3 Å². The van der Waals surface area contributed by atoms with Gasteiger partial charge in [-0.25, -0.2) is 13.4 Å². The van der Waals surface area contributed by atoms with Crippen LogP contribution in [0.15, 0.2) is 52.3 Å². The van der Waals surface area contributed by atoms with Crippen LogP contribution in [0.4, 0.5) is 0 Å². The normalized spacial score (nSPS) is 11.5. The van der Waals surface area contributed by atoms with E-state index in [2.05, 4.69) is 9.97 Å². The predicted molar refractivity (Wildman–Crippen MR) is 88.8 cm³/mol. The van der Waals surface area contributed by atoms with Crippen LogP contribution in [-0.4, -0.2) is 35.2 Å². The first-order valence-corrected chi connectivity index (χ1v) is 9.15. The molecule has 2 heterocycles. The number of aliphatic carboxylic acids is 1. The molecule has 0 saturated heterocycles. The van der Waals surface area contributed by atoms with Crippen molar-refractivity contribution in [2.75, 3.05) is 5.75 Å². The zero-order valence-electron chi connectivity index (χ0n) is 12.0. The molecule has 2 aromatic heterocycles. The molecule has 7 nitrogen and oxygen atoms in total. The number of carboxylic acid groups (broad SMARTS) is 1. The van der Waals surface area contributed by atoms with Gasteiger partial charge in [-0.1, -0.05) is 18.2 Å². The van der Waals surface area contributed by atoms with Gasteiger partial charge >= 0.3 is 5.97 Å². The molecule has 0 bridgehead atoms. The Morgan fingerprint density at radius 3 is 2.58 bits per heavy atom. The molecular weight excluding hydrogens is 352 g/mol. The quantitative estimate of drug-likeness (QED) is 0.749. The summed E-state index contributed by atoms with van der Waals surface area (Å²) >= 11 is 1.20. The maximum absolute atomic E-state index is 12.1. The maximum Gasteiger partial charge on any atom is 0.319 e. The van der Waals surface area contributed by atoms with Crippen molar-refractivity contribution in [3.8, 4) is 10.7 Å². The minimum absolute atomic E-state index is 0.203. The van der Waals surface area contributed by atoms with E-state index in [4.69, 9.17) is 5.11 Å². The van der Waals surface area contributed by atoms with E-state index in [9.17, 15) is 18.0 Å². The summed E-state index contributed by atoms with van der Waals surface area (Å²) in [6.07, 6.45) is 0. The summed E-state index contributed by atoms with van der Waals surface area (Å²) in [5.74, 6) is -2.51. The lowest BCUT2D eigenvalue weighted by atomic mass is 10.3. The van der Waals surface area contributed by atoms with Crippen molar-refractivity contribution >= 4 is 37.2 Å². The fourth-order valence-electron chi connectivity index (χ4n) is 2.06. The van der Waals surface area contributed by atoms with Crippen LogP contribution in [0.25, 0.3) is 20.8 Å². The number of carboxylic acids is 1. The van der Waals surface area contributed by atoms with Crippen LogP contribution < -0.4 is 5.56 Å². The lowest BCUT2D eigenvalue weighted by Gasteiger charge is -2.04. The number of carbonyl (C=O) groups is 1. The van der Waals surface area contributed by atoms with E-state index < -0.39 is 27.1 Å². The molecule has 0 radical (unpaired) electrons. The second-order valence-electron chi connectivity index (χ2n) is 4.83. The Morgan fingerprint density at radius 1 is 1.08 bits per heavy atom. The molecule has 3 aromatic rings. The first kappa shape index (κ1) is 16.2. The molecule has 0 aliphatic heterocycles. The van der Waals surface area contributed by atoms with Crippen molar-refractivity contribution in [2.24, 2.45) is 0 Å². The molecule has 0 spiro atoms. The van der Waals surface area contributed by atoms with E-state index in [0.717, 1.165) is 0 Å². The Bertz CT molecular complexity index is 1110. The third-order valence-corrected chi connectivity index (χ3v) is 5.66. The van der Waals surface area contributed by atoms with Gasteiger partial charge in [0.2, 0.25) is 9.84 Å². The Labute approximate surface area is 140 Å². The molecule has 0 atom stereocenters. The number of rotatable bonds is 4. The van der Waals surface area contributed by atoms with Crippen LogP contribution in [0, 0.1) is 0 Å². The number of fused-ring (bicyclic) bond motifs is 1. The van der Waals surface area contributed by atoms with Crippen molar-refractivity contribution in [1.29, 1.82) is 0 Å². The summed E-state index contributed by atoms with van der Waals surface area (Å²) in [5, 5.41) is 9.07. The zero-order chi connectivity index (χ0) is 17.3. The molecular formula is C15H10N2O5S2. The largest absolute Gasteiger partial charge is 0.480 e. The number of nitrogens with zero attached hydrogens (tertiary/aromatic N) is 2. The van der Waals surface area contributed by atoms with Crippen molar-refractivity contribution in [3.05, 3.63) is 52.8 Å². The van der Waals surface area contributed by atoms with Crippen LogP contribution in [0.1, 0.15) is 0 Å². The lowest BCUT2D eigenvalue weighted by Crippen LogP contribution is -2.16. The van der Waals surface area contributed by atoms with Crippen LogP contribution >= 0.6 is 11.3 Å². The number of benzene rings is 1. The van der Waals surface area contributed by atoms with Crippen molar-refractivity contribution < 1.29 is 18.3 Å². The minimum atomic E-state index is -4.05. The third-order valence-electron chi connectivity index (χ3n) is 3.10. The fourth-order valence-corrected chi connectivity index (χ4v) is 4.03. The highest BCUT2D eigenvalue weighted by Crippen LogP contribution is 2.25. The average molecular weight is 362 g/mol. The van der Waals surface area contributed by atoms with E-state index >= 15 is 0 Å². The molecule has 0 saturated carbocycles. The van der Waals surface area contributed by atoms with Crippen LogP contribution in [0.5, 0.6) is 0 Å². The molecule has 1 N–H and O–H groups in total. The van der Waals surface area contributed by atoms with Crippen LogP contribution in [-0.2, 0) is 14.6 Å². The molecule has 0 fully saturated rings. The van der Waals surface area contributed by atoms with Gasteiger partial charge in [0.1, 0.15) is 10.7 Å². The summed E-state index contributed by atoms with van der Waals surface area (Å²) in [6.45, 7) is 0. The zero-order valence-corrected chi connectivity index (χ0v) is 13.7. The van der Waals surface area contributed by atoms with Crippen molar-refractivity contribution in [1.82, 2.24) is 9.97 Å². The second kappa shape index (κ2) is 6.10.